The Labute approximate surface area is 151 Å². The molecule has 23 heavy (non-hydrogen) atoms. The van der Waals surface area contributed by atoms with Crippen molar-refractivity contribution in [2.75, 3.05) is 11.2 Å². The van der Waals surface area contributed by atoms with Crippen molar-refractivity contribution in [3.8, 4) is 0 Å². The number of hydrogen-bond donors (Lipinski definition) is 0. The van der Waals surface area contributed by atoms with Crippen LogP contribution in [0.1, 0.15) is 44.6 Å². The first-order chi connectivity index (χ1) is 11.1. The van der Waals surface area contributed by atoms with E-state index in [1.54, 1.807) is 11.8 Å². The van der Waals surface area contributed by atoms with Gasteiger partial charge in [-0.3, -0.25) is 0 Å². The van der Waals surface area contributed by atoms with Crippen molar-refractivity contribution in [1.29, 1.82) is 0 Å². The zero-order valence-electron chi connectivity index (χ0n) is 13.8. The molecule has 2 aromatic rings. The van der Waals surface area contributed by atoms with E-state index in [4.69, 9.17) is 4.98 Å². The summed E-state index contributed by atoms with van der Waals surface area (Å²) in [6.45, 7) is 4.43. The molecule has 0 bridgehead atoms. The van der Waals surface area contributed by atoms with E-state index in [9.17, 15) is 0 Å². The standard InChI is InChI=1S/C18H22BrN3S/c1-12(2)22(17-9-10-20-18(21-17)23-3)16-8-7-14(19)11-15(16)13-5-4-6-13/h7-13H,4-6H2,1-3H3. The van der Waals surface area contributed by atoms with Gasteiger partial charge in [0.2, 0.25) is 0 Å². The Bertz CT molecular complexity index is 686. The van der Waals surface area contributed by atoms with Crippen molar-refractivity contribution in [2.45, 2.75) is 50.2 Å². The molecule has 0 unspecified atom stereocenters. The Morgan fingerprint density at radius 1 is 1.26 bits per heavy atom. The number of halogens is 1. The minimum atomic E-state index is 0.333. The number of hydrogen-bond acceptors (Lipinski definition) is 4. The number of nitrogens with zero attached hydrogens (tertiary/aromatic N) is 3. The summed E-state index contributed by atoms with van der Waals surface area (Å²) in [6.07, 6.45) is 7.77. The minimum Gasteiger partial charge on any atom is -0.323 e. The Balaban J connectivity index is 2.07. The highest BCUT2D eigenvalue weighted by Crippen LogP contribution is 2.44. The van der Waals surface area contributed by atoms with Crippen LogP contribution < -0.4 is 4.90 Å². The second kappa shape index (κ2) is 7.22. The summed E-state index contributed by atoms with van der Waals surface area (Å²) in [7, 11) is 0. The van der Waals surface area contributed by atoms with Crippen molar-refractivity contribution in [3.05, 3.63) is 40.5 Å². The molecule has 1 aliphatic carbocycles. The van der Waals surface area contributed by atoms with Gasteiger partial charge in [0.05, 0.1) is 0 Å². The molecule has 1 aliphatic rings. The average molecular weight is 392 g/mol. The fourth-order valence-electron chi connectivity index (χ4n) is 3.02. The van der Waals surface area contributed by atoms with Crippen LogP contribution in [0, 0.1) is 0 Å². The fraction of sp³-hybridized carbons (Fsp3) is 0.444. The van der Waals surface area contributed by atoms with Gasteiger partial charge in [-0.2, -0.15) is 0 Å². The first-order valence-electron chi connectivity index (χ1n) is 8.06. The van der Waals surface area contributed by atoms with E-state index in [1.165, 1.54) is 30.5 Å². The molecule has 122 valence electrons. The van der Waals surface area contributed by atoms with Crippen molar-refractivity contribution >= 4 is 39.2 Å². The van der Waals surface area contributed by atoms with Gasteiger partial charge in [0.15, 0.2) is 5.16 Å². The van der Waals surface area contributed by atoms with Gasteiger partial charge in [-0.1, -0.05) is 34.1 Å². The van der Waals surface area contributed by atoms with E-state index >= 15 is 0 Å². The average Bonchev–Trinajstić information content (AvgIpc) is 2.48. The highest BCUT2D eigenvalue weighted by molar-refractivity contribution is 9.10. The van der Waals surface area contributed by atoms with Crippen molar-refractivity contribution in [3.63, 3.8) is 0 Å². The first-order valence-corrected chi connectivity index (χ1v) is 10.1. The molecular weight excluding hydrogens is 370 g/mol. The van der Waals surface area contributed by atoms with E-state index in [1.807, 2.05) is 18.5 Å². The monoisotopic (exact) mass is 391 g/mol. The molecule has 0 spiro atoms. The highest BCUT2D eigenvalue weighted by atomic mass is 79.9. The van der Waals surface area contributed by atoms with Crippen LogP contribution in [0.25, 0.3) is 0 Å². The summed E-state index contributed by atoms with van der Waals surface area (Å²) in [5.74, 6) is 1.65. The van der Waals surface area contributed by atoms with E-state index in [2.05, 4.69) is 57.9 Å². The SMILES string of the molecule is CSc1nccc(N(c2ccc(Br)cc2C2CCC2)C(C)C)n1. The zero-order valence-corrected chi connectivity index (χ0v) is 16.2. The maximum atomic E-state index is 4.72. The Morgan fingerprint density at radius 2 is 2.04 bits per heavy atom. The molecule has 0 N–H and O–H groups in total. The summed E-state index contributed by atoms with van der Waals surface area (Å²) in [5.41, 5.74) is 2.71. The topological polar surface area (TPSA) is 29.0 Å². The number of anilines is 2. The molecule has 1 heterocycles. The van der Waals surface area contributed by atoms with Gasteiger partial charge >= 0.3 is 0 Å². The molecule has 0 radical (unpaired) electrons. The minimum absolute atomic E-state index is 0.333. The summed E-state index contributed by atoms with van der Waals surface area (Å²) in [6, 6.07) is 8.97. The molecule has 3 nitrogen and oxygen atoms in total. The van der Waals surface area contributed by atoms with Crippen molar-refractivity contribution in [2.24, 2.45) is 0 Å². The quantitative estimate of drug-likeness (QED) is 0.477. The fourth-order valence-corrected chi connectivity index (χ4v) is 3.75. The van der Waals surface area contributed by atoms with E-state index in [-0.39, 0.29) is 0 Å². The Hall–Kier alpha value is -1.07. The normalized spacial score (nSPS) is 14.8. The number of aromatic nitrogens is 2. The maximum Gasteiger partial charge on any atom is 0.189 e. The molecule has 1 aromatic carbocycles. The van der Waals surface area contributed by atoms with Crippen LogP contribution in [0.15, 0.2) is 40.1 Å². The second-order valence-corrected chi connectivity index (χ2v) is 7.89. The van der Waals surface area contributed by atoms with Gasteiger partial charge in [0.1, 0.15) is 5.82 Å². The molecule has 1 saturated carbocycles. The summed E-state index contributed by atoms with van der Waals surface area (Å²) in [4.78, 5) is 11.4. The third-order valence-corrected chi connectivity index (χ3v) is 5.41. The van der Waals surface area contributed by atoms with Gasteiger partial charge in [-0.25, -0.2) is 9.97 Å². The molecule has 1 fully saturated rings. The number of rotatable bonds is 5. The smallest absolute Gasteiger partial charge is 0.189 e. The second-order valence-electron chi connectivity index (χ2n) is 6.20. The molecule has 3 rings (SSSR count). The molecule has 0 atom stereocenters. The molecule has 5 heteroatoms. The van der Waals surface area contributed by atoms with Crippen LogP contribution in [0.2, 0.25) is 0 Å². The Kier molecular flexibility index (Phi) is 5.27. The molecule has 0 aliphatic heterocycles. The number of benzene rings is 1. The lowest BCUT2D eigenvalue weighted by Crippen LogP contribution is -2.28. The lowest BCUT2D eigenvalue weighted by atomic mass is 9.79. The van der Waals surface area contributed by atoms with Gasteiger partial charge < -0.3 is 4.90 Å². The van der Waals surface area contributed by atoms with Crippen LogP contribution in [-0.2, 0) is 0 Å². The summed E-state index contributed by atoms with van der Waals surface area (Å²) < 4.78 is 1.15. The van der Waals surface area contributed by atoms with Crippen LogP contribution >= 0.6 is 27.7 Å². The van der Waals surface area contributed by atoms with Crippen LogP contribution in [0.5, 0.6) is 0 Å². The summed E-state index contributed by atoms with van der Waals surface area (Å²) >= 11 is 5.22. The van der Waals surface area contributed by atoms with Crippen molar-refractivity contribution < 1.29 is 0 Å². The Morgan fingerprint density at radius 3 is 2.65 bits per heavy atom. The third-order valence-electron chi connectivity index (χ3n) is 4.36. The van der Waals surface area contributed by atoms with Gasteiger partial charge in [0, 0.05) is 22.4 Å². The van der Waals surface area contributed by atoms with Crippen LogP contribution in [0.3, 0.4) is 0 Å². The van der Waals surface area contributed by atoms with E-state index < -0.39 is 0 Å². The lowest BCUT2D eigenvalue weighted by Gasteiger charge is -2.35. The largest absolute Gasteiger partial charge is 0.323 e. The highest BCUT2D eigenvalue weighted by Gasteiger charge is 2.26. The van der Waals surface area contributed by atoms with Gasteiger partial charge in [-0.15, -0.1) is 0 Å². The molecule has 0 amide bonds. The zero-order chi connectivity index (χ0) is 16.4. The van der Waals surface area contributed by atoms with Gasteiger partial charge in [0.25, 0.3) is 0 Å². The first kappa shape index (κ1) is 16.8. The van der Waals surface area contributed by atoms with Crippen LogP contribution in [0.4, 0.5) is 11.5 Å². The third kappa shape index (κ3) is 3.56. The van der Waals surface area contributed by atoms with Crippen LogP contribution in [-0.4, -0.2) is 22.3 Å². The summed E-state index contributed by atoms with van der Waals surface area (Å²) in [5, 5.41) is 0.815. The predicted octanol–water partition coefficient (Wildman–Crippen LogP) is 5.78. The van der Waals surface area contributed by atoms with Gasteiger partial charge in [-0.05, 0) is 68.7 Å². The predicted molar refractivity (Wildman–Crippen MR) is 102 cm³/mol. The molecule has 1 aromatic heterocycles. The van der Waals surface area contributed by atoms with E-state index in [0.717, 1.165) is 15.4 Å². The maximum absolute atomic E-state index is 4.72. The molecule has 0 saturated heterocycles. The number of thioether (sulfide) groups is 1. The van der Waals surface area contributed by atoms with Crippen molar-refractivity contribution in [1.82, 2.24) is 9.97 Å². The van der Waals surface area contributed by atoms with E-state index in [0.29, 0.717) is 12.0 Å². The lowest BCUT2D eigenvalue weighted by molar-refractivity contribution is 0.419. The molecular formula is C18H22BrN3S.